The Kier molecular flexibility index (Phi) is 1.45. The van der Waals surface area contributed by atoms with Crippen molar-refractivity contribution in [2.24, 2.45) is 12.8 Å². The molecule has 0 unspecified atom stereocenters. The molecule has 60 valence electrons. The normalized spacial score (nSPS) is 9.91. The molecule has 1 amide bonds. The van der Waals surface area contributed by atoms with Crippen LogP contribution in [0.3, 0.4) is 0 Å². The highest BCUT2D eigenvalue weighted by atomic mass is 16.2. The van der Waals surface area contributed by atoms with Crippen LogP contribution < -0.4 is 17.2 Å². The highest BCUT2D eigenvalue weighted by molar-refractivity contribution is 5.95. The van der Waals surface area contributed by atoms with Gasteiger partial charge in [-0.05, 0) is 0 Å². The minimum absolute atomic E-state index is 0.0440. The summed E-state index contributed by atoms with van der Waals surface area (Å²) in [5, 5.41) is 0. The third-order valence-corrected chi connectivity index (χ3v) is 1.40. The van der Waals surface area contributed by atoms with Crippen molar-refractivity contribution in [2.75, 3.05) is 5.73 Å². The molecule has 0 spiro atoms. The maximum Gasteiger partial charge on any atom is 0.327 e. The number of hydrogen-bond acceptors (Lipinski definition) is 3. The molecule has 1 aromatic heterocycles. The van der Waals surface area contributed by atoms with Crippen molar-refractivity contribution in [1.82, 2.24) is 9.55 Å². The minimum atomic E-state index is -0.736. The summed E-state index contributed by atoms with van der Waals surface area (Å²) in [6, 6.07) is 0. The molecule has 11 heavy (non-hydrogen) atoms. The molecule has 0 aromatic carbocycles. The average Bonchev–Trinajstić information content (AvgIpc) is 2.17. The van der Waals surface area contributed by atoms with Crippen LogP contribution in [0.5, 0.6) is 0 Å². The predicted octanol–water partition coefficient (Wildman–Crippen LogP) is -1.61. The Hall–Kier alpha value is -1.72. The summed E-state index contributed by atoms with van der Waals surface area (Å²) in [4.78, 5) is 23.6. The van der Waals surface area contributed by atoms with Crippen molar-refractivity contribution in [3.63, 3.8) is 0 Å². The van der Waals surface area contributed by atoms with Crippen molar-refractivity contribution < 1.29 is 4.79 Å². The topological polar surface area (TPSA) is 107 Å². The van der Waals surface area contributed by atoms with E-state index in [1.807, 2.05) is 0 Å². The number of nitrogens with one attached hydrogen (secondary N) is 1. The fourth-order valence-electron chi connectivity index (χ4n) is 0.720. The van der Waals surface area contributed by atoms with Gasteiger partial charge in [0.1, 0.15) is 11.5 Å². The average molecular weight is 156 g/mol. The molecule has 0 saturated heterocycles. The van der Waals surface area contributed by atoms with Gasteiger partial charge < -0.3 is 11.5 Å². The monoisotopic (exact) mass is 156 g/mol. The Morgan fingerprint density at radius 3 is 2.36 bits per heavy atom. The quantitative estimate of drug-likeness (QED) is 0.455. The number of nitrogens with two attached hydrogens (primary N) is 2. The van der Waals surface area contributed by atoms with Gasteiger partial charge in [0.05, 0.1) is 0 Å². The fourth-order valence-corrected chi connectivity index (χ4v) is 0.720. The van der Waals surface area contributed by atoms with Gasteiger partial charge in [-0.2, -0.15) is 0 Å². The van der Waals surface area contributed by atoms with E-state index in [0.29, 0.717) is 0 Å². The maximum absolute atomic E-state index is 10.8. The molecule has 0 saturated carbocycles. The second-order valence-electron chi connectivity index (χ2n) is 2.11. The second kappa shape index (κ2) is 2.15. The highest BCUT2D eigenvalue weighted by Gasteiger charge is 2.11. The van der Waals surface area contributed by atoms with Gasteiger partial charge in [-0.1, -0.05) is 0 Å². The Labute approximate surface area is 61.8 Å². The lowest BCUT2D eigenvalue weighted by atomic mass is 10.4. The molecular weight excluding hydrogens is 148 g/mol. The van der Waals surface area contributed by atoms with E-state index in [9.17, 15) is 9.59 Å². The van der Waals surface area contributed by atoms with Crippen LogP contribution >= 0.6 is 0 Å². The number of nitrogen functional groups attached to an aromatic ring is 1. The molecular formula is C5H8N4O2. The summed E-state index contributed by atoms with van der Waals surface area (Å²) in [5.74, 6) is -0.678. The first kappa shape index (κ1) is 7.39. The number of H-pyrrole nitrogens is 1. The predicted molar refractivity (Wildman–Crippen MR) is 39.0 cm³/mol. The molecule has 6 nitrogen and oxygen atoms in total. The summed E-state index contributed by atoms with van der Waals surface area (Å²) in [6.45, 7) is 0. The Morgan fingerprint density at radius 1 is 1.64 bits per heavy atom. The van der Waals surface area contributed by atoms with E-state index >= 15 is 0 Å². The number of hydrogen-bond donors (Lipinski definition) is 3. The van der Waals surface area contributed by atoms with Gasteiger partial charge in [-0.3, -0.25) is 14.3 Å². The molecule has 0 fully saturated rings. The zero-order valence-electron chi connectivity index (χ0n) is 5.92. The number of carbonyl (C=O) groups excluding carboxylic acids is 1. The largest absolute Gasteiger partial charge is 0.383 e. The van der Waals surface area contributed by atoms with Gasteiger partial charge >= 0.3 is 5.69 Å². The van der Waals surface area contributed by atoms with Gasteiger partial charge in [0, 0.05) is 7.05 Å². The van der Waals surface area contributed by atoms with Crippen molar-refractivity contribution in [3.8, 4) is 0 Å². The number of rotatable bonds is 1. The van der Waals surface area contributed by atoms with Crippen LogP contribution in [-0.4, -0.2) is 15.5 Å². The van der Waals surface area contributed by atoms with E-state index in [-0.39, 0.29) is 11.5 Å². The molecule has 0 radical (unpaired) electrons. The second-order valence-corrected chi connectivity index (χ2v) is 2.11. The molecule has 1 rings (SSSR count). The highest BCUT2D eigenvalue weighted by Crippen LogP contribution is 2.01. The summed E-state index contributed by atoms with van der Waals surface area (Å²) in [6.07, 6.45) is 0. The van der Waals surface area contributed by atoms with Crippen LogP contribution in [0.2, 0.25) is 0 Å². The summed E-state index contributed by atoms with van der Waals surface area (Å²) >= 11 is 0. The van der Waals surface area contributed by atoms with Crippen LogP contribution in [0.4, 0.5) is 5.82 Å². The first-order chi connectivity index (χ1) is 5.04. The number of amides is 1. The van der Waals surface area contributed by atoms with E-state index < -0.39 is 11.6 Å². The number of primary amides is 1. The molecule has 1 aromatic rings. The van der Waals surface area contributed by atoms with Gasteiger partial charge in [0.15, 0.2) is 0 Å². The van der Waals surface area contributed by atoms with E-state index in [2.05, 4.69) is 4.98 Å². The Morgan fingerprint density at radius 2 is 2.18 bits per heavy atom. The van der Waals surface area contributed by atoms with Gasteiger partial charge in [-0.25, -0.2) is 4.79 Å². The van der Waals surface area contributed by atoms with Gasteiger partial charge in [-0.15, -0.1) is 0 Å². The van der Waals surface area contributed by atoms with Crippen LogP contribution in [0.25, 0.3) is 0 Å². The molecule has 1 heterocycles. The summed E-state index contributed by atoms with van der Waals surface area (Å²) in [7, 11) is 1.45. The summed E-state index contributed by atoms with van der Waals surface area (Å²) in [5.41, 5.74) is 9.74. The fraction of sp³-hybridized carbons (Fsp3) is 0.200. The molecule has 6 heteroatoms. The lowest BCUT2D eigenvalue weighted by Gasteiger charge is -1.92. The van der Waals surface area contributed by atoms with Crippen LogP contribution in [-0.2, 0) is 7.05 Å². The number of imidazole rings is 1. The van der Waals surface area contributed by atoms with E-state index in [1.54, 1.807) is 0 Å². The SMILES string of the molecule is Cn1c(N)c(C(N)=O)[nH]c1=O. The number of nitrogens with zero attached hydrogens (tertiary/aromatic N) is 1. The van der Waals surface area contributed by atoms with Gasteiger partial charge in [0.25, 0.3) is 5.91 Å². The van der Waals surface area contributed by atoms with Gasteiger partial charge in [0.2, 0.25) is 0 Å². The maximum atomic E-state index is 10.8. The number of carbonyl (C=O) groups is 1. The third-order valence-electron chi connectivity index (χ3n) is 1.40. The van der Waals surface area contributed by atoms with Crippen molar-refractivity contribution in [3.05, 3.63) is 16.2 Å². The lowest BCUT2D eigenvalue weighted by molar-refractivity contribution is 0.0997. The molecule has 0 bridgehead atoms. The standard InChI is InChI=1S/C5H8N4O2/c1-9-3(6)2(4(7)10)8-5(9)11/h6H2,1H3,(H2,7,10)(H,8,11). The Balaban J connectivity index is 3.42. The van der Waals surface area contributed by atoms with Crippen molar-refractivity contribution in [2.45, 2.75) is 0 Å². The minimum Gasteiger partial charge on any atom is -0.383 e. The van der Waals surface area contributed by atoms with Crippen LogP contribution in [0.15, 0.2) is 4.79 Å². The zero-order valence-corrected chi connectivity index (χ0v) is 5.92. The van der Waals surface area contributed by atoms with E-state index in [0.717, 1.165) is 4.57 Å². The number of aromatic nitrogens is 2. The molecule has 0 aliphatic rings. The lowest BCUT2D eigenvalue weighted by Crippen LogP contribution is -2.14. The molecule has 0 atom stereocenters. The molecule has 0 aliphatic carbocycles. The van der Waals surface area contributed by atoms with Crippen molar-refractivity contribution in [1.29, 1.82) is 0 Å². The van der Waals surface area contributed by atoms with Crippen molar-refractivity contribution >= 4 is 11.7 Å². The number of anilines is 1. The number of aromatic amines is 1. The summed E-state index contributed by atoms with van der Waals surface area (Å²) < 4.78 is 1.11. The first-order valence-corrected chi connectivity index (χ1v) is 2.88. The molecule has 0 aliphatic heterocycles. The van der Waals surface area contributed by atoms with E-state index in [1.165, 1.54) is 7.05 Å². The third kappa shape index (κ3) is 0.977. The van der Waals surface area contributed by atoms with E-state index in [4.69, 9.17) is 11.5 Å². The van der Waals surface area contributed by atoms with Crippen LogP contribution in [0.1, 0.15) is 10.5 Å². The molecule has 5 N–H and O–H groups in total. The zero-order chi connectivity index (χ0) is 8.59. The first-order valence-electron chi connectivity index (χ1n) is 2.88. The Bertz CT molecular complexity index is 348. The van der Waals surface area contributed by atoms with Crippen LogP contribution in [0, 0.1) is 0 Å². The smallest absolute Gasteiger partial charge is 0.327 e.